The highest BCUT2D eigenvalue weighted by molar-refractivity contribution is 6.00. The van der Waals surface area contributed by atoms with Crippen LogP contribution in [0, 0.1) is 0 Å². The molecule has 88 valence electrons. The summed E-state index contributed by atoms with van der Waals surface area (Å²) in [7, 11) is 0. The molecule has 0 aliphatic heterocycles. The number of carbonyl (C=O) groups is 1. The monoisotopic (exact) mass is 228 g/mol. The lowest BCUT2D eigenvalue weighted by molar-refractivity contribution is 0.112. The molecule has 2 heteroatoms. The quantitative estimate of drug-likeness (QED) is 0.574. The first-order valence-electron chi connectivity index (χ1n) is 5.96. The highest BCUT2D eigenvalue weighted by atomic mass is 16.5. The topological polar surface area (TPSA) is 26.3 Å². The van der Waals surface area contributed by atoms with E-state index in [1.807, 2.05) is 36.4 Å². The largest absolute Gasteiger partial charge is 0.493 e. The number of benzene rings is 2. The van der Waals surface area contributed by atoms with E-state index in [0.717, 1.165) is 42.3 Å². The lowest BCUT2D eigenvalue weighted by Gasteiger charge is -2.10. The van der Waals surface area contributed by atoms with Crippen LogP contribution in [0.4, 0.5) is 0 Å². The molecule has 2 aromatic carbocycles. The predicted octanol–water partition coefficient (Wildman–Crippen LogP) is 3.83. The van der Waals surface area contributed by atoms with Crippen molar-refractivity contribution >= 4 is 17.1 Å². The van der Waals surface area contributed by atoms with E-state index < -0.39 is 0 Å². The molecular formula is C15H16O2. The predicted molar refractivity (Wildman–Crippen MR) is 69.7 cm³/mol. The van der Waals surface area contributed by atoms with Gasteiger partial charge in [-0.05, 0) is 23.9 Å². The molecule has 17 heavy (non-hydrogen) atoms. The zero-order valence-electron chi connectivity index (χ0n) is 9.98. The van der Waals surface area contributed by atoms with Crippen molar-refractivity contribution in [3.63, 3.8) is 0 Å². The lowest BCUT2D eigenvalue weighted by atomic mass is 10.0. The van der Waals surface area contributed by atoms with Gasteiger partial charge in [-0.3, -0.25) is 4.79 Å². The number of rotatable bonds is 5. The van der Waals surface area contributed by atoms with Crippen LogP contribution in [0.1, 0.15) is 30.1 Å². The second-order valence-electron chi connectivity index (χ2n) is 4.02. The SMILES string of the molecule is CCCCOc1ccc(C=O)c2ccccc12. The fraction of sp³-hybridized carbons (Fsp3) is 0.267. The van der Waals surface area contributed by atoms with Crippen molar-refractivity contribution < 1.29 is 9.53 Å². The Balaban J connectivity index is 2.40. The van der Waals surface area contributed by atoms with Crippen LogP contribution in [0.2, 0.25) is 0 Å². The molecule has 2 nitrogen and oxygen atoms in total. The number of hydrogen-bond donors (Lipinski definition) is 0. The third-order valence-corrected chi connectivity index (χ3v) is 2.80. The Morgan fingerprint density at radius 1 is 1.12 bits per heavy atom. The van der Waals surface area contributed by atoms with Crippen molar-refractivity contribution in [2.24, 2.45) is 0 Å². The van der Waals surface area contributed by atoms with E-state index in [2.05, 4.69) is 6.92 Å². The summed E-state index contributed by atoms with van der Waals surface area (Å²) >= 11 is 0. The van der Waals surface area contributed by atoms with Crippen molar-refractivity contribution in [2.45, 2.75) is 19.8 Å². The van der Waals surface area contributed by atoms with Gasteiger partial charge in [-0.25, -0.2) is 0 Å². The first-order chi connectivity index (χ1) is 8.36. The maximum absolute atomic E-state index is 11.0. The number of hydrogen-bond acceptors (Lipinski definition) is 2. The highest BCUT2D eigenvalue weighted by Gasteiger charge is 2.05. The molecule has 0 heterocycles. The summed E-state index contributed by atoms with van der Waals surface area (Å²) in [6, 6.07) is 11.5. The minimum Gasteiger partial charge on any atom is -0.493 e. The summed E-state index contributed by atoms with van der Waals surface area (Å²) in [5.41, 5.74) is 0.712. The summed E-state index contributed by atoms with van der Waals surface area (Å²) in [5.74, 6) is 0.861. The Morgan fingerprint density at radius 2 is 1.88 bits per heavy atom. The summed E-state index contributed by atoms with van der Waals surface area (Å²) in [5, 5.41) is 1.96. The van der Waals surface area contributed by atoms with Crippen molar-refractivity contribution in [3.8, 4) is 5.75 Å². The Kier molecular flexibility index (Phi) is 3.76. The van der Waals surface area contributed by atoms with Crippen molar-refractivity contribution in [1.82, 2.24) is 0 Å². The Labute approximate surface area is 101 Å². The standard InChI is InChI=1S/C15H16O2/c1-2-3-10-17-15-9-8-12(11-16)13-6-4-5-7-14(13)15/h4-9,11H,2-3,10H2,1H3. The number of ether oxygens (including phenoxy) is 1. The van der Waals surface area contributed by atoms with Crippen LogP contribution in [0.25, 0.3) is 10.8 Å². The highest BCUT2D eigenvalue weighted by Crippen LogP contribution is 2.27. The van der Waals surface area contributed by atoms with Gasteiger partial charge in [0.2, 0.25) is 0 Å². The van der Waals surface area contributed by atoms with Gasteiger partial charge >= 0.3 is 0 Å². The molecule has 0 radical (unpaired) electrons. The number of unbranched alkanes of at least 4 members (excludes halogenated alkanes) is 1. The van der Waals surface area contributed by atoms with Crippen LogP contribution < -0.4 is 4.74 Å². The fourth-order valence-electron chi connectivity index (χ4n) is 1.85. The van der Waals surface area contributed by atoms with Gasteiger partial charge in [0.25, 0.3) is 0 Å². The molecule has 2 rings (SSSR count). The Bertz CT molecular complexity index is 517. The lowest BCUT2D eigenvalue weighted by Crippen LogP contribution is -1.97. The fourth-order valence-corrected chi connectivity index (χ4v) is 1.85. The Hall–Kier alpha value is -1.83. The average Bonchev–Trinajstić information content (AvgIpc) is 2.39. The number of carbonyl (C=O) groups excluding carboxylic acids is 1. The van der Waals surface area contributed by atoms with Crippen molar-refractivity contribution in [3.05, 3.63) is 42.0 Å². The molecule has 0 saturated heterocycles. The van der Waals surface area contributed by atoms with E-state index >= 15 is 0 Å². The molecule has 2 aromatic rings. The normalized spacial score (nSPS) is 10.4. The summed E-state index contributed by atoms with van der Waals surface area (Å²) in [6.45, 7) is 2.86. The van der Waals surface area contributed by atoms with E-state index in [4.69, 9.17) is 4.74 Å². The van der Waals surface area contributed by atoms with E-state index in [0.29, 0.717) is 5.56 Å². The second kappa shape index (κ2) is 5.48. The minimum absolute atomic E-state index is 0.712. The first kappa shape index (κ1) is 11.6. The Morgan fingerprint density at radius 3 is 2.59 bits per heavy atom. The van der Waals surface area contributed by atoms with Crippen LogP contribution in [0.5, 0.6) is 5.75 Å². The maximum atomic E-state index is 11.0. The molecular weight excluding hydrogens is 212 g/mol. The van der Waals surface area contributed by atoms with Gasteiger partial charge in [0, 0.05) is 10.9 Å². The van der Waals surface area contributed by atoms with Gasteiger partial charge in [-0.15, -0.1) is 0 Å². The van der Waals surface area contributed by atoms with Crippen LogP contribution in [0.3, 0.4) is 0 Å². The van der Waals surface area contributed by atoms with Gasteiger partial charge in [-0.2, -0.15) is 0 Å². The third-order valence-electron chi connectivity index (χ3n) is 2.80. The van der Waals surface area contributed by atoms with Crippen molar-refractivity contribution in [1.29, 1.82) is 0 Å². The van der Waals surface area contributed by atoms with Gasteiger partial charge in [0.05, 0.1) is 6.61 Å². The molecule has 0 saturated carbocycles. The minimum atomic E-state index is 0.712. The molecule has 0 aliphatic rings. The zero-order chi connectivity index (χ0) is 12.1. The molecule has 0 amide bonds. The van der Waals surface area contributed by atoms with Crippen LogP contribution in [-0.4, -0.2) is 12.9 Å². The molecule has 0 spiro atoms. The van der Waals surface area contributed by atoms with E-state index in [1.54, 1.807) is 0 Å². The van der Waals surface area contributed by atoms with Gasteiger partial charge in [0.15, 0.2) is 6.29 Å². The smallest absolute Gasteiger partial charge is 0.150 e. The summed E-state index contributed by atoms with van der Waals surface area (Å²) < 4.78 is 5.74. The third kappa shape index (κ3) is 2.47. The first-order valence-corrected chi connectivity index (χ1v) is 5.96. The van der Waals surface area contributed by atoms with Crippen molar-refractivity contribution in [2.75, 3.05) is 6.61 Å². The molecule has 0 aromatic heterocycles. The average molecular weight is 228 g/mol. The molecule has 0 unspecified atom stereocenters. The van der Waals surface area contributed by atoms with Gasteiger partial charge < -0.3 is 4.74 Å². The number of aldehydes is 1. The summed E-state index contributed by atoms with van der Waals surface area (Å²) in [6.07, 6.45) is 3.05. The molecule has 0 aliphatic carbocycles. The second-order valence-corrected chi connectivity index (χ2v) is 4.02. The number of fused-ring (bicyclic) bond motifs is 1. The van der Waals surface area contributed by atoms with E-state index in [-0.39, 0.29) is 0 Å². The van der Waals surface area contributed by atoms with Crippen LogP contribution >= 0.6 is 0 Å². The molecule has 0 fully saturated rings. The van der Waals surface area contributed by atoms with Crippen LogP contribution in [-0.2, 0) is 0 Å². The maximum Gasteiger partial charge on any atom is 0.150 e. The molecule has 0 bridgehead atoms. The van der Waals surface area contributed by atoms with Gasteiger partial charge in [-0.1, -0.05) is 37.6 Å². The zero-order valence-corrected chi connectivity index (χ0v) is 9.98. The molecule has 0 atom stereocenters. The van der Waals surface area contributed by atoms with E-state index in [9.17, 15) is 4.79 Å². The van der Waals surface area contributed by atoms with E-state index in [1.165, 1.54) is 0 Å². The van der Waals surface area contributed by atoms with Crippen LogP contribution in [0.15, 0.2) is 36.4 Å². The van der Waals surface area contributed by atoms with Gasteiger partial charge in [0.1, 0.15) is 5.75 Å². The summed E-state index contributed by atoms with van der Waals surface area (Å²) in [4.78, 5) is 11.0. The molecule has 0 N–H and O–H groups in total.